The quantitative estimate of drug-likeness (QED) is 0.230. The number of aliphatic carboxylic acids is 1. The Kier molecular flexibility index (Phi) is 11.9. The Morgan fingerprint density at radius 1 is 1.36 bits per heavy atom. The van der Waals surface area contributed by atoms with Crippen LogP contribution in [-0.4, -0.2) is 43.2 Å². The van der Waals surface area contributed by atoms with Crippen LogP contribution >= 0.6 is 0 Å². The van der Waals surface area contributed by atoms with Crippen LogP contribution in [0.1, 0.15) is 0 Å². The van der Waals surface area contributed by atoms with Crippen LogP contribution in [0.2, 0.25) is 0 Å². The first-order chi connectivity index (χ1) is 4.42. The molecule has 5 N–H and O–H groups in total. The maximum atomic E-state index is 10.00. The third-order valence-electron chi connectivity index (χ3n) is 0.610. The van der Waals surface area contributed by atoms with Crippen molar-refractivity contribution in [1.29, 1.82) is 0 Å². The first-order valence-corrected chi connectivity index (χ1v) is 2.77. The van der Waals surface area contributed by atoms with E-state index >= 15 is 0 Å². The topological polar surface area (TPSA) is 89.3 Å². The zero-order chi connectivity index (χ0) is 8.78. The number of hydrogen-bond acceptors (Lipinski definition) is 3. The molecular formula is C5H16ClN3O2. The zero-order valence-electron chi connectivity index (χ0n) is 7.04. The Bertz CT molecular complexity index is 102. The minimum atomic E-state index is -0.752. The number of hydrazine groups is 1. The number of rotatable bonds is 2. The lowest BCUT2D eigenvalue weighted by molar-refractivity contribution is -0.862. The smallest absolute Gasteiger partial charge is 0.359 e. The molecule has 6 heteroatoms. The molecule has 0 radical (unpaired) electrons. The molecule has 5 nitrogen and oxygen atoms in total. The number of nitrogens with two attached hydrogens (primary N) is 2. The van der Waals surface area contributed by atoms with Crippen molar-refractivity contribution < 1.29 is 26.8 Å². The third kappa shape index (κ3) is 26.1. The second-order valence-electron chi connectivity index (χ2n) is 2.84. The number of likely N-dealkylation sites (N-methyl/N-ethyl adjacent to an activating group) is 1. The molecule has 0 rings (SSSR count). The van der Waals surface area contributed by atoms with Crippen molar-refractivity contribution in [2.45, 2.75) is 0 Å². The molecule has 0 aromatic rings. The van der Waals surface area contributed by atoms with Crippen LogP contribution in [-0.2, 0) is 4.79 Å². The van der Waals surface area contributed by atoms with Gasteiger partial charge in [0.05, 0.1) is 21.1 Å². The van der Waals surface area contributed by atoms with Gasteiger partial charge in [0, 0.05) is 0 Å². The molecule has 0 heterocycles. The molecule has 0 unspecified atom stereocenters. The van der Waals surface area contributed by atoms with Crippen LogP contribution in [0.15, 0.2) is 0 Å². The SMILES string of the molecule is C[N+](C)(C)CC(=O)O.NN.[Cl-]. The maximum absolute atomic E-state index is 10.00. The van der Waals surface area contributed by atoms with Crippen LogP contribution in [0.5, 0.6) is 0 Å². The van der Waals surface area contributed by atoms with Gasteiger partial charge in [0.25, 0.3) is 0 Å². The lowest BCUT2D eigenvalue weighted by Crippen LogP contribution is -3.00. The first kappa shape index (κ1) is 16.9. The Hall–Kier alpha value is -0.360. The summed E-state index contributed by atoms with van der Waals surface area (Å²) in [4.78, 5) is 10.00. The van der Waals surface area contributed by atoms with Crippen molar-refractivity contribution in [2.75, 3.05) is 27.7 Å². The molecule has 0 aliphatic heterocycles. The summed E-state index contributed by atoms with van der Waals surface area (Å²) in [5, 5.41) is 8.23. The Labute approximate surface area is 72.9 Å². The monoisotopic (exact) mass is 185 g/mol. The zero-order valence-corrected chi connectivity index (χ0v) is 7.80. The fraction of sp³-hybridized carbons (Fsp3) is 0.800. The molecule has 0 aromatic heterocycles. The fourth-order valence-corrected chi connectivity index (χ4v) is 0.406. The molecule has 0 atom stereocenters. The molecule has 0 saturated heterocycles. The van der Waals surface area contributed by atoms with Gasteiger partial charge in [-0.15, -0.1) is 0 Å². The number of halogens is 1. The summed E-state index contributed by atoms with van der Waals surface area (Å²) in [5.41, 5.74) is 0. The molecule has 70 valence electrons. The number of hydrogen-bond donors (Lipinski definition) is 3. The molecule has 0 saturated carbocycles. The summed E-state index contributed by atoms with van der Waals surface area (Å²) >= 11 is 0. The highest BCUT2D eigenvalue weighted by Gasteiger charge is 2.11. The summed E-state index contributed by atoms with van der Waals surface area (Å²) in [6.45, 7) is 0.181. The average Bonchev–Trinajstić information content (AvgIpc) is 1.64. The van der Waals surface area contributed by atoms with E-state index in [0.29, 0.717) is 4.48 Å². The molecule has 11 heavy (non-hydrogen) atoms. The van der Waals surface area contributed by atoms with E-state index < -0.39 is 5.97 Å². The third-order valence-corrected chi connectivity index (χ3v) is 0.610. The van der Waals surface area contributed by atoms with Crippen LogP contribution in [0.25, 0.3) is 0 Å². The summed E-state index contributed by atoms with van der Waals surface area (Å²) < 4.78 is 0.481. The standard InChI is InChI=1S/C5H11NO2.ClH.H4N2/c1-6(2,3)4-5(7)8;;1-2/h4H2,1-3H3;1H;1-2H2. The lowest BCUT2D eigenvalue weighted by atomic mass is 10.5. The second-order valence-corrected chi connectivity index (χ2v) is 2.84. The highest BCUT2D eigenvalue weighted by atomic mass is 35.5. The minimum absolute atomic E-state index is 0. The first-order valence-electron chi connectivity index (χ1n) is 2.77. The van der Waals surface area contributed by atoms with Crippen molar-refractivity contribution in [3.05, 3.63) is 0 Å². The van der Waals surface area contributed by atoms with E-state index in [0.717, 1.165) is 0 Å². The van der Waals surface area contributed by atoms with Crippen molar-refractivity contribution in [3.8, 4) is 0 Å². The number of quaternary nitrogens is 1. The molecule has 0 amide bonds. The Balaban J connectivity index is -0.000000196. The van der Waals surface area contributed by atoms with Gasteiger partial charge in [0.15, 0.2) is 6.54 Å². The summed E-state index contributed by atoms with van der Waals surface area (Å²) in [5.74, 6) is 7.25. The summed E-state index contributed by atoms with van der Waals surface area (Å²) in [6.07, 6.45) is 0. The van der Waals surface area contributed by atoms with E-state index in [2.05, 4.69) is 11.7 Å². The van der Waals surface area contributed by atoms with Crippen LogP contribution in [0.4, 0.5) is 0 Å². The maximum Gasteiger partial charge on any atom is 0.359 e. The van der Waals surface area contributed by atoms with E-state index in [4.69, 9.17) is 5.11 Å². The van der Waals surface area contributed by atoms with Crippen molar-refractivity contribution in [2.24, 2.45) is 11.7 Å². The van der Waals surface area contributed by atoms with E-state index in [1.54, 1.807) is 0 Å². The Morgan fingerprint density at radius 2 is 1.64 bits per heavy atom. The fourth-order valence-electron chi connectivity index (χ4n) is 0.406. The molecule has 0 aromatic carbocycles. The predicted octanol–water partition coefficient (Wildman–Crippen LogP) is -4.40. The van der Waals surface area contributed by atoms with Gasteiger partial charge in [0.1, 0.15) is 0 Å². The van der Waals surface area contributed by atoms with Gasteiger partial charge in [-0.3, -0.25) is 11.7 Å². The van der Waals surface area contributed by atoms with Gasteiger partial charge < -0.3 is 22.0 Å². The van der Waals surface area contributed by atoms with Crippen LogP contribution < -0.4 is 24.1 Å². The van der Waals surface area contributed by atoms with Crippen molar-refractivity contribution in [3.63, 3.8) is 0 Å². The largest absolute Gasteiger partial charge is 1.00 e. The van der Waals surface area contributed by atoms with Crippen molar-refractivity contribution >= 4 is 5.97 Å². The van der Waals surface area contributed by atoms with Crippen molar-refractivity contribution in [1.82, 2.24) is 0 Å². The van der Waals surface area contributed by atoms with Gasteiger partial charge in [-0.25, -0.2) is 4.79 Å². The van der Waals surface area contributed by atoms with Gasteiger partial charge >= 0.3 is 5.97 Å². The van der Waals surface area contributed by atoms with Gasteiger partial charge in [-0.05, 0) is 0 Å². The normalized spacial score (nSPS) is 8.82. The van der Waals surface area contributed by atoms with E-state index in [1.807, 2.05) is 21.1 Å². The summed E-state index contributed by atoms with van der Waals surface area (Å²) in [6, 6.07) is 0. The highest BCUT2D eigenvalue weighted by molar-refractivity contribution is 5.67. The van der Waals surface area contributed by atoms with E-state index in [-0.39, 0.29) is 19.0 Å². The summed E-state index contributed by atoms with van der Waals surface area (Å²) in [7, 11) is 5.52. The van der Waals surface area contributed by atoms with Gasteiger partial charge in [-0.2, -0.15) is 0 Å². The number of carboxylic acid groups (broad SMARTS) is 1. The molecule has 0 aliphatic carbocycles. The number of carboxylic acids is 1. The highest BCUT2D eigenvalue weighted by Crippen LogP contribution is 1.86. The molecule has 0 aliphatic rings. The molecule has 0 bridgehead atoms. The average molecular weight is 186 g/mol. The molecule has 0 fully saturated rings. The van der Waals surface area contributed by atoms with Crippen LogP contribution in [0.3, 0.4) is 0 Å². The Morgan fingerprint density at radius 3 is 1.64 bits per heavy atom. The molecular weight excluding hydrogens is 170 g/mol. The van der Waals surface area contributed by atoms with Crippen LogP contribution in [0, 0.1) is 0 Å². The van der Waals surface area contributed by atoms with E-state index in [1.165, 1.54) is 0 Å². The van der Waals surface area contributed by atoms with Gasteiger partial charge in [0.2, 0.25) is 0 Å². The predicted molar refractivity (Wildman–Crippen MR) is 38.9 cm³/mol. The second kappa shape index (κ2) is 7.74. The van der Waals surface area contributed by atoms with E-state index in [9.17, 15) is 4.79 Å². The minimum Gasteiger partial charge on any atom is -1.00 e. The lowest BCUT2D eigenvalue weighted by Gasteiger charge is -2.20. The number of carbonyl (C=O) groups is 1. The molecule has 0 spiro atoms. The number of nitrogens with zero attached hydrogens (tertiary/aromatic N) is 1. The van der Waals surface area contributed by atoms with Gasteiger partial charge in [-0.1, -0.05) is 0 Å².